The van der Waals surface area contributed by atoms with E-state index in [-0.39, 0.29) is 5.82 Å². The fourth-order valence-corrected chi connectivity index (χ4v) is 1.57. The van der Waals surface area contributed by atoms with Gasteiger partial charge >= 0.3 is 0 Å². The number of hydrogen-bond donors (Lipinski definition) is 0. The Kier molecular flexibility index (Phi) is 4.28. The van der Waals surface area contributed by atoms with Gasteiger partial charge < -0.3 is 4.90 Å². The minimum Gasteiger partial charge on any atom is -0.369 e. The molecule has 1 aromatic carbocycles. The van der Waals surface area contributed by atoms with Gasteiger partial charge in [0.1, 0.15) is 12.1 Å². The number of anilines is 1. The highest BCUT2D eigenvalue weighted by atomic mass is 19.1. The summed E-state index contributed by atoms with van der Waals surface area (Å²) in [6.45, 7) is 5.64. The van der Waals surface area contributed by atoms with Crippen molar-refractivity contribution in [1.82, 2.24) is 0 Å². The SMILES string of the molecule is CCCN(CC)c1ccc(C=O)cc1F. The minimum atomic E-state index is -0.324. The van der Waals surface area contributed by atoms with E-state index in [1.54, 1.807) is 12.1 Å². The Bertz CT molecular complexity index is 338. The van der Waals surface area contributed by atoms with Crippen LogP contribution in [0.25, 0.3) is 0 Å². The van der Waals surface area contributed by atoms with Crippen molar-refractivity contribution >= 4 is 12.0 Å². The van der Waals surface area contributed by atoms with Gasteiger partial charge in [-0.25, -0.2) is 4.39 Å². The molecule has 3 heteroatoms. The zero-order valence-corrected chi connectivity index (χ0v) is 9.16. The summed E-state index contributed by atoms with van der Waals surface area (Å²) in [5.41, 5.74) is 0.953. The second-order valence-electron chi connectivity index (χ2n) is 3.41. The van der Waals surface area contributed by atoms with Crippen LogP contribution in [0, 0.1) is 5.82 Å². The molecule has 0 saturated heterocycles. The normalized spacial score (nSPS) is 10.1. The van der Waals surface area contributed by atoms with Gasteiger partial charge in [-0.1, -0.05) is 6.92 Å². The van der Waals surface area contributed by atoms with Crippen LogP contribution in [0.3, 0.4) is 0 Å². The second kappa shape index (κ2) is 5.49. The monoisotopic (exact) mass is 209 g/mol. The Labute approximate surface area is 89.7 Å². The number of aldehydes is 1. The van der Waals surface area contributed by atoms with Crippen LogP contribution in [-0.2, 0) is 0 Å². The Morgan fingerprint density at radius 2 is 2.13 bits per heavy atom. The molecule has 0 saturated carbocycles. The van der Waals surface area contributed by atoms with Crippen molar-refractivity contribution in [3.8, 4) is 0 Å². The summed E-state index contributed by atoms with van der Waals surface area (Å²) in [6.07, 6.45) is 1.63. The van der Waals surface area contributed by atoms with Crippen LogP contribution in [0.15, 0.2) is 18.2 Å². The van der Waals surface area contributed by atoms with Crippen molar-refractivity contribution in [3.63, 3.8) is 0 Å². The lowest BCUT2D eigenvalue weighted by Gasteiger charge is -2.22. The molecule has 0 fully saturated rings. The number of rotatable bonds is 5. The van der Waals surface area contributed by atoms with Crippen molar-refractivity contribution in [3.05, 3.63) is 29.6 Å². The molecule has 0 unspecified atom stereocenters. The Hall–Kier alpha value is -1.38. The molecule has 0 aromatic heterocycles. The Balaban J connectivity index is 2.97. The van der Waals surface area contributed by atoms with Crippen LogP contribution < -0.4 is 4.90 Å². The first-order valence-corrected chi connectivity index (χ1v) is 5.22. The maximum Gasteiger partial charge on any atom is 0.150 e. The third-order valence-corrected chi connectivity index (χ3v) is 2.32. The van der Waals surface area contributed by atoms with Crippen LogP contribution >= 0.6 is 0 Å². The molecule has 15 heavy (non-hydrogen) atoms. The lowest BCUT2D eigenvalue weighted by atomic mass is 10.2. The fraction of sp³-hybridized carbons (Fsp3) is 0.417. The highest BCUT2D eigenvalue weighted by Crippen LogP contribution is 2.20. The van der Waals surface area contributed by atoms with Crippen molar-refractivity contribution in [1.29, 1.82) is 0 Å². The first-order chi connectivity index (χ1) is 7.22. The molecule has 0 aliphatic heterocycles. The van der Waals surface area contributed by atoms with Crippen molar-refractivity contribution in [2.45, 2.75) is 20.3 Å². The largest absolute Gasteiger partial charge is 0.369 e. The molecule has 82 valence electrons. The zero-order valence-electron chi connectivity index (χ0n) is 9.16. The van der Waals surface area contributed by atoms with Crippen LogP contribution in [0.2, 0.25) is 0 Å². The number of carbonyl (C=O) groups is 1. The predicted molar refractivity (Wildman–Crippen MR) is 60.0 cm³/mol. The molecule has 0 radical (unpaired) electrons. The molecule has 0 aliphatic rings. The van der Waals surface area contributed by atoms with Crippen molar-refractivity contribution < 1.29 is 9.18 Å². The minimum absolute atomic E-state index is 0.324. The van der Waals surface area contributed by atoms with Crippen molar-refractivity contribution in [2.24, 2.45) is 0 Å². The molecule has 0 aliphatic carbocycles. The molecule has 0 heterocycles. The van der Waals surface area contributed by atoms with Gasteiger partial charge in [0.25, 0.3) is 0 Å². The van der Waals surface area contributed by atoms with Gasteiger partial charge in [-0.15, -0.1) is 0 Å². The first kappa shape index (κ1) is 11.7. The summed E-state index contributed by atoms with van der Waals surface area (Å²) in [5.74, 6) is -0.324. The van der Waals surface area contributed by atoms with Crippen LogP contribution in [0.4, 0.5) is 10.1 Å². The van der Waals surface area contributed by atoms with E-state index >= 15 is 0 Å². The Morgan fingerprint density at radius 3 is 2.60 bits per heavy atom. The number of carbonyl (C=O) groups excluding carboxylic acids is 1. The quantitative estimate of drug-likeness (QED) is 0.695. The third kappa shape index (κ3) is 2.78. The standard InChI is InChI=1S/C12H16FNO/c1-3-7-14(4-2)12-6-5-10(9-15)8-11(12)13/h5-6,8-9H,3-4,7H2,1-2H3. The third-order valence-electron chi connectivity index (χ3n) is 2.32. The summed E-state index contributed by atoms with van der Waals surface area (Å²) in [5, 5.41) is 0. The van der Waals surface area contributed by atoms with E-state index in [1.807, 2.05) is 11.8 Å². The topological polar surface area (TPSA) is 20.3 Å². The number of nitrogens with zero attached hydrogens (tertiary/aromatic N) is 1. The summed E-state index contributed by atoms with van der Waals surface area (Å²) in [6, 6.07) is 4.59. The van der Waals surface area contributed by atoms with E-state index in [4.69, 9.17) is 0 Å². The average Bonchev–Trinajstić information content (AvgIpc) is 2.26. The van der Waals surface area contributed by atoms with Gasteiger partial charge in [0, 0.05) is 18.7 Å². The van der Waals surface area contributed by atoms with E-state index in [2.05, 4.69) is 6.92 Å². The molecule has 1 rings (SSSR count). The predicted octanol–water partition coefficient (Wildman–Crippen LogP) is 2.87. The molecule has 0 N–H and O–H groups in total. The van der Waals surface area contributed by atoms with Crippen LogP contribution in [0.1, 0.15) is 30.6 Å². The second-order valence-corrected chi connectivity index (χ2v) is 3.41. The van der Waals surface area contributed by atoms with E-state index in [9.17, 15) is 9.18 Å². The van der Waals surface area contributed by atoms with E-state index in [1.165, 1.54) is 6.07 Å². The van der Waals surface area contributed by atoms with E-state index < -0.39 is 0 Å². The maximum absolute atomic E-state index is 13.6. The summed E-state index contributed by atoms with van der Waals surface area (Å²) in [7, 11) is 0. The lowest BCUT2D eigenvalue weighted by Crippen LogP contribution is -2.24. The maximum atomic E-state index is 13.6. The summed E-state index contributed by atoms with van der Waals surface area (Å²) < 4.78 is 13.6. The van der Waals surface area contributed by atoms with Crippen molar-refractivity contribution in [2.75, 3.05) is 18.0 Å². The summed E-state index contributed by atoms with van der Waals surface area (Å²) >= 11 is 0. The van der Waals surface area contributed by atoms with Gasteiger partial charge in [-0.3, -0.25) is 4.79 Å². The highest BCUT2D eigenvalue weighted by molar-refractivity contribution is 5.75. The van der Waals surface area contributed by atoms with Gasteiger partial charge in [-0.05, 0) is 31.5 Å². The molecule has 1 aromatic rings. The lowest BCUT2D eigenvalue weighted by molar-refractivity contribution is 0.112. The molecule has 0 spiro atoms. The van der Waals surface area contributed by atoms with Gasteiger partial charge in [-0.2, -0.15) is 0 Å². The zero-order chi connectivity index (χ0) is 11.3. The molecule has 0 bridgehead atoms. The van der Waals surface area contributed by atoms with Gasteiger partial charge in [0.2, 0.25) is 0 Å². The average molecular weight is 209 g/mol. The number of halogens is 1. The molecule has 0 atom stereocenters. The number of benzene rings is 1. The molecular weight excluding hydrogens is 193 g/mol. The van der Waals surface area contributed by atoms with Crippen LogP contribution in [-0.4, -0.2) is 19.4 Å². The van der Waals surface area contributed by atoms with Gasteiger partial charge in [0.05, 0.1) is 5.69 Å². The Morgan fingerprint density at radius 1 is 1.40 bits per heavy atom. The molecule has 2 nitrogen and oxygen atoms in total. The summed E-state index contributed by atoms with van der Waals surface area (Å²) in [4.78, 5) is 12.4. The number of hydrogen-bond acceptors (Lipinski definition) is 2. The van der Waals surface area contributed by atoms with Gasteiger partial charge in [0.15, 0.2) is 0 Å². The van der Waals surface area contributed by atoms with E-state index in [0.29, 0.717) is 17.5 Å². The van der Waals surface area contributed by atoms with Crippen LogP contribution in [0.5, 0.6) is 0 Å². The smallest absolute Gasteiger partial charge is 0.150 e. The fourth-order valence-electron chi connectivity index (χ4n) is 1.57. The molecule has 0 amide bonds. The highest BCUT2D eigenvalue weighted by Gasteiger charge is 2.09. The molecular formula is C12H16FNO. The first-order valence-electron chi connectivity index (χ1n) is 5.22. The van der Waals surface area contributed by atoms with E-state index in [0.717, 1.165) is 19.5 Å².